The molecule has 0 bridgehead atoms. The zero-order valence-corrected chi connectivity index (χ0v) is 17.5. The molecule has 0 saturated heterocycles. The number of nitrogens with zero attached hydrogens (tertiary/aromatic N) is 1. The topological polar surface area (TPSA) is 71.8 Å². The highest BCUT2D eigenvalue weighted by molar-refractivity contribution is 6.02. The van der Waals surface area contributed by atoms with Gasteiger partial charge >= 0.3 is 0 Å². The summed E-state index contributed by atoms with van der Waals surface area (Å²) in [7, 11) is 0. The van der Waals surface area contributed by atoms with Gasteiger partial charge in [0.2, 0.25) is 0 Å². The van der Waals surface area contributed by atoms with Crippen LogP contribution in [0.15, 0.2) is 77.4 Å². The SMILES string of the molecule is CC(C1CC1)N(Cc1ccccc1)C(=O)COc1cccc(NC(=O)c2ccco2)c1. The van der Waals surface area contributed by atoms with Gasteiger partial charge in [0.25, 0.3) is 11.8 Å². The Balaban J connectivity index is 1.38. The molecule has 1 unspecified atom stereocenters. The maximum Gasteiger partial charge on any atom is 0.291 e. The normalized spacial score (nSPS) is 14.0. The van der Waals surface area contributed by atoms with Crippen molar-refractivity contribution in [3.05, 3.63) is 84.3 Å². The Labute approximate surface area is 181 Å². The first-order chi connectivity index (χ1) is 15.1. The summed E-state index contributed by atoms with van der Waals surface area (Å²) < 4.78 is 10.9. The van der Waals surface area contributed by atoms with Gasteiger partial charge in [-0.05, 0) is 55.5 Å². The maximum atomic E-state index is 13.0. The molecular weight excluding hydrogens is 392 g/mol. The number of carbonyl (C=O) groups is 2. The summed E-state index contributed by atoms with van der Waals surface area (Å²) in [4.78, 5) is 27.1. The van der Waals surface area contributed by atoms with Crippen LogP contribution in [-0.4, -0.2) is 29.4 Å². The Morgan fingerprint density at radius 1 is 1.10 bits per heavy atom. The highest BCUT2D eigenvalue weighted by Gasteiger charge is 2.34. The molecule has 4 rings (SSSR count). The van der Waals surface area contributed by atoms with Crippen molar-refractivity contribution in [2.45, 2.75) is 32.4 Å². The molecule has 2 amide bonds. The zero-order chi connectivity index (χ0) is 21.6. The number of hydrogen-bond acceptors (Lipinski definition) is 4. The molecule has 1 aromatic heterocycles. The minimum atomic E-state index is -0.342. The molecule has 2 aromatic carbocycles. The number of carbonyl (C=O) groups excluding carboxylic acids is 2. The van der Waals surface area contributed by atoms with Crippen LogP contribution in [0.5, 0.6) is 5.75 Å². The zero-order valence-electron chi connectivity index (χ0n) is 17.5. The van der Waals surface area contributed by atoms with E-state index in [9.17, 15) is 9.59 Å². The molecule has 1 fully saturated rings. The monoisotopic (exact) mass is 418 g/mol. The van der Waals surface area contributed by atoms with E-state index in [1.807, 2.05) is 35.2 Å². The fraction of sp³-hybridized carbons (Fsp3) is 0.280. The van der Waals surface area contributed by atoms with Crippen LogP contribution < -0.4 is 10.1 Å². The quantitative estimate of drug-likeness (QED) is 0.545. The molecule has 1 atom stereocenters. The molecule has 0 aliphatic heterocycles. The third-order valence-electron chi connectivity index (χ3n) is 5.51. The first-order valence-electron chi connectivity index (χ1n) is 10.5. The number of ether oxygens (including phenoxy) is 1. The second-order valence-electron chi connectivity index (χ2n) is 7.83. The largest absolute Gasteiger partial charge is 0.484 e. The minimum Gasteiger partial charge on any atom is -0.484 e. The van der Waals surface area contributed by atoms with Crippen molar-refractivity contribution in [1.82, 2.24) is 4.90 Å². The van der Waals surface area contributed by atoms with Gasteiger partial charge in [0.15, 0.2) is 12.4 Å². The van der Waals surface area contributed by atoms with Gasteiger partial charge < -0.3 is 19.4 Å². The van der Waals surface area contributed by atoms with Crippen LogP contribution in [0.2, 0.25) is 0 Å². The Bertz CT molecular complexity index is 1010. The second kappa shape index (κ2) is 9.51. The predicted molar refractivity (Wildman–Crippen MR) is 118 cm³/mol. The van der Waals surface area contributed by atoms with Gasteiger partial charge in [-0.25, -0.2) is 0 Å². The molecule has 1 N–H and O–H groups in total. The van der Waals surface area contributed by atoms with E-state index in [-0.39, 0.29) is 30.2 Å². The van der Waals surface area contributed by atoms with Crippen molar-refractivity contribution in [2.24, 2.45) is 5.92 Å². The van der Waals surface area contributed by atoms with Crippen LogP contribution in [-0.2, 0) is 11.3 Å². The Kier molecular flexibility index (Phi) is 6.36. The summed E-state index contributed by atoms with van der Waals surface area (Å²) in [5.41, 5.74) is 1.67. The highest BCUT2D eigenvalue weighted by atomic mass is 16.5. The van der Waals surface area contributed by atoms with Gasteiger partial charge in [-0.3, -0.25) is 9.59 Å². The third kappa shape index (κ3) is 5.54. The molecule has 6 heteroatoms. The summed E-state index contributed by atoms with van der Waals surface area (Å²) in [5, 5.41) is 2.76. The fourth-order valence-electron chi connectivity index (χ4n) is 3.56. The number of rotatable bonds is 9. The van der Waals surface area contributed by atoms with Crippen molar-refractivity contribution >= 4 is 17.5 Å². The van der Waals surface area contributed by atoms with E-state index in [1.54, 1.807) is 36.4 Å². The summed E-state index contributed by atoms with van der Waals surface area (Å²) in [6.45, 7) is 2.63. The van der Waals surface area contributed by atoms with Crippen molar-refractivity contribution in [3.63, 3.8) is 0 Å². The van der Waals surface area contributed by atoms with E-state index < -0.39 is 0 Å². The molecular formula is C25H26N2O4. The summed E-state index contributed by atoms with van der Waals surface area (Å²) >= 11 is 0. The molecule has 1 saturated carbocycles. The van der Waals surface area contributed by atoms with E-state index in [0.29, 0.717) is 23.9 Å². The van der Waals surface area contributed by atoms with Crippen molar-refractivity contribution in [1.29, 1.82) is 0 Å². The molecule has 0 spiro atoms. The molecule has 1 heterocycles. The van der Waals surface area contributed by atoms with E-state index in [1.165, 1.54) is 6.26 Å². The van der Waals surface area contributed by atoms with E-state index in [2.05, 4.69) is 12.2 Å². The Morgan fingerprint density at radius 3 is 2.61 bits per heavy atom. The molecule has 31 heavy (non-hydrogen) atoms. The number of nitrogens with one attached hydrogen (secondary N) is 1. The molecule has 0 radical (unpaired) electrons. The number of hydrogen-bond donors (Lipinski definition) is 1. The van der Waals surface area contributed by atoms with E-state index >= 15 is 0 Å². The van der Waals surface area contributed by atoms with Gasteiger partial charge in [0, 0.05) is 24.3 Å². The number of furan rings is 1. The van der Waals surface area contributed by atoms with Gasteiger partial charge in [-0.2, -0.15) is 0 Å². The molecule has 160 valence electrons. The summed E-state index contributed by atoms with van der Waals surface area (Å²) in [6, 6.07) is 20.4. The van der Waals surface area contributed by atoms with Crippen LogP contribution in [0.1, 0.15) is 35.9 Å². The van der Waals surface area contributed by atoms with E-state index in [4.69, 9.17) is 9.15 Å². The van der Waals surface area contributed by atoms with Crippen LogP contribution in [0.25, 0.3) is 0 Å². The maximum absolute atomic E-state index is 13.0. The number of amides is 2. The van der Waals surface area contributed by atoms with Gasteiger partial charge in [-0.1, -0.05) is 36.4 Å². The molecule has 6 nitrogen and oxygen atoms in total. The summed E-state index contributed by atoms with van der Waals surface area (Å²) in [5.74, 6) is 0.919. The van der Waals surface area contributed by atoms with Crippen LogP contribution >= 0.6 is 0 Å². The first-order valence-corrected chi connectivity index (χ1v) is 10.5. The Morgan fingerprint density at radius 2 is 1.90 bits per heavy atom. The third-order valence-corrected chi connectivity index (χ3v) is 5.51. The minimum absolute atomic E-state index is 0.0479. The summed E-state index contributed by atoms with van der Waals surface area (Å²) in [6.07, 6.45) is 3.78. The van der Waals surface area contributed by atoms with Crippen molar-refractivity contribution in [2.75, 3.05) is 11.9 Å². The van der Waals surface area contributed by atoms with Gasteiger partial charge in [-0.15, -0.1) is 0 Å². The smallest absolute Gasteiger partial charge is 0.291 e. The second-order valence-corrected chi connectivity index (χ2v) is 7.83. The average molecular weight is 418 g/mol. The lowest BCUT2D eigenvalue weighted by Crippen LogP contribution is -2.42. The lowest BCUT2D eigenvalue weighted by Gasteiger charge is -2.29. The standard InChI is InChI=1S/C25H26N2O4/c1-18(20-12-13-20)27(16-19-7-3-2-4-8-19)24(28)17-31-22-10-5-9-21(15-22)26-25(29)23-11-6-14-30-23/h2-11,14-15,18,20H,12-13,16-17H2,1H3,(H,26,29). The number of anilines is 1. The van der Waals surface area contributed by atoms with Crippen molar-refractivity contribution < 1.29 is 18.7 Å². The molecule has 1 aliphatic carbocycles. The molecule has 3 aromatic rings. The average Bonchev–Trinajstić information content (AvgIpc) is 3.49. The van der Waals surface area contributed by atoms with Crippen molar-refractivity contribution in [3.8, 4) is 5.75 Å². The highest BCUT2D eigenvalue weighted by Crippen LogP contribution is 2.35. The fourth-order valence-corrected chi connectivity index (χ4v) is 3.56. The van der Waals surface area contributed by atoms with Gasteiger partial charge in [0.1, 0.15) is 5.75 Å². The Hall–Kier alpha value is -3.54. The van der Waals surface area contributed by atoms with Crippen LogP contribution in [0.4, 0.5) is 5.69 Å². The lowest BCUT2D eigenvalue weighted by atomic mass is 10.1. The van der Waals surface area contributed by atoms with Crippen LogP contribution in [0.3, 0.4) is 0 Å². The van der Waals surface area contributed by atoms with E-state index in [0.717, 1.165) is 18.4 Å². The molecule has 1 aliphatic rings. The lowest BCUT2D eigenvalue weighted by molar-refractivity contribution is -0.136. The predicted octanol–water partition coefficient (Wildman–Crippen LogP) is 4.74. The first kappa shape index (κ1) is 20.7. The number of benzene rings is 2. The van der Waals surface area contributed by atoms with Crippen LogP contribution in [0, 0.1) is 5.92 Å². The van der Waals surface area contributed by atoms with Gasteiger partial charge in [0.05, 0.1) is 6.26 Å².